The van der Waals surface area contributed by atoms with Crippen molar-refractivity contribution < 1.29 is 9.18 Å². The van der Waals surface area contributed by atoms with Gasteiger partial charge in [0, 0.05) is 29.7 Å². The molecule has 0 saturated carbocycles. The van der Waals surface area contributed by atoms with E-state index in [1.54, 1.807) is 32.2 Å². The maximum absolute atomic E-state index is 13.4. The van der Waals surface area contributed by atoms with Crippen LogP contribution in [0.1, 0.15) is 12.2 Å². The minimum absolute atomic E-state index is 0.0209. The topological polar surface area (TPSA) is 78.9 Å². The fourth-order valence-electron chi connectivity index (χ4n) is 2.59. The van der Waals surface area contributed by atoms with Crippen molar-refractivity contribution in [1.82, 2.24) is 15.3 Å². The number of hydrogen-bond acceptors (Lipinski definition) is 5. The molecule has 2 aromatic carbocycles. The third-order valence-electron chi connectivity index (χ3n) is 3.88. The molecule has 1 amide bonds. The molecule has 0 spiro atoms. The second-order valence-electron chi connectivity index (χ2n) is 6.01. The lowest BCUT2D eigenvalue weighted by Gasteiger charge is -2.12. The lowest BCUT2D eigenvalue weighted by molar-refractivity contribution is -0.116. The Bertz CT molecular complexity index is 995. The number of carbonyl (C=O) groups is 1. The summed E-state index contributed by atoms with van der Waals surface area (Å²) in [5, 5.41) is 9.69. The molecule has 0 aliphatic rings. The van der Waals surface area contributed by atoms with Gasteiger partial charge < -0.3 is 16.0 Å². The highest BCUT2D eigenvalue weighted by Crippen LogP contribution is 2.28. The van der Waals surface area contributed by atoms with Gasteiger partial charge in [0.05, 0.1) is 10.5 Å². The molecule has 0 aliphatic carbocycles. The molecule has 8 heteroatoms. The average molecular weight is 388 g/mol. The van der Waals surface area contributed by atoms with Crippen molar-refractivity contribution in [2.75, 3.05) is 24.2 Å². The standard InChI is InChI=1S/C19H19ClFN5O/c1-11-23-17-6-4-12(25-18(27)7-8-22-2)9-14(17)19(24-11)26-13-3-5-16(21)15(20)10-13/h3-6,9-10,22H,7-8H2,1-2H3,(H,25,27)(H,23,24,26). The van der Waals surface area contributed by atoms with Crippen LogP contribution in [0.4, 0.5) is 21.6 Å². The molecule has 3 N–H and O–H groups in total. The summed E-state index contributed by atoms with van der Waals surface area (Å²) in [6.07, 6.45) is 0.373. The van der Waals surface area contributed by atoms with Crippen molar-refractivity contribution in [3.8, 4) is 0 Å². The first-order valence-corrected chi connectivity index (χ1v) is 8.79. The van der Waals surface area contributed by atoms with Gasteiger partial charge in [0.25, 0.3) is 0 Å². The Morgan fingerprint density at radius 1 is 1.15 bits per heavy atom. The summed E-state index contributed by atoms with van der Waals surface area (Å²) < 4.78 is 13.4. The zero-order valence-electron chi connectivity index (χ0n) is 14.9. The maximum atomic E-state index is 13.4. The van der Waals surface area contributed by atoms with E-state index in [0.29, 0.717) is 36.0 Å². The lowest BCUT2D eigenvalue weighted by atomic mass is 10.2. The zero-order valence-corrected chi connectivity index (χ0v) is 15.7. The van der Waals surface area contributed by atoms with Gasteiger partial charge in [0.1, 0.15) is 17.5 Å². The second-order valence-corrected chi connectivity index (χ2v) is 6.41. The summed E-state index contributed by atoms with van der Waals surface area (Å²) in [6.45, 7) is 2.38. The summed E-state index contributed by atoms with van der Waals surface area (Å²) in [6, 6.07) is 9.77. The van der Waals surface area contributed by atoms with Crippen LogP contribution in [0.3, 0.4) is 0 Å². The lowest BCUT2D eigenvalue weighted by Crippen LogP contribution is -2.18. The summed E-state index contributed by atoms with van der Waals surface area (Å²) in [7, 11) is 1.79. The van der Waals surface area contributed by atoms with Crippen molar-refractivity contribution in [2.45, 2.75) is 13.3 Å². The van der Waals surface area contributed by atoms with Gasteiger partial charge >= 0.3 is 0 Å². The molecule has 0 saturated heterocycles. The number of hydrogen-bond donors (Lipinski definition) is 3. The first-order valence-electron chi connectivity index (χ1n) is 8.41. The molecule has 1 aromatic heterocycles. The third kappa shape index (κ3) is 4.69. The molecule has 0 fully saturated rings. The van der Waals surface area contributed by atoms with Crippen molar-refractivity contribution >= 4 is 45.6 Å². The van der Waals surface area contributed by atoms with Crippen LogP contribution in [-0.4, -0.2) is 29.5 Å². The average Bonchev–Trinajstić information content (AvgIpc) is 2.63. The van der Waals surface area contributed by atoms with Crippen LogP contribution in [-0.2, 0) is 4.79 Å². The van der Waals surface area contributed by atoms with Crippen LogP contribution >= 0.6 is 11.6 Å². The van der Waals surface area contributed by atoms with Gasteiger partial charge in [-0.15, -0.1) is 0 Å². The van der Waals surface area contributed by atoms with Crippen LogP contribution in [0, 0.1) is 12.7 Å². The van der Waals surface area contributed by atoms with Crippen LogP contribution in [0.2, 0.25) is 5.02 Å². The maximum Gasteiger partial charge on any atom is 0.225 e. The van der Waals surface area contributed by atoms with Gasteiger partial charge in [-0.05, 0) is 50.4 Å². The number of benzene rings is 2. The molecule has 140 valence electrons. The third-order valence-corrected chi connectivity index (χ3v) is 4.17. The second kappa shape index (κ2) is 8.28. The SMILES string of the molecule is CNCCC(=O)Nc1ccc2nc(C)nc(Nc3ccc(F)c(Cl)c3)c2c1. The van der Waals surface area contributed by atoms with E-state index < -0.39 is 5.82 Å². The number of carbonyl (C=O) groups excluding carboxylic acids is 1. The molecule has 0 aliphatic heterocycles. The smallest absolute Gasteiger partial charge is 0.225 e. The number of aromatic nitrogens is 2. The van der Waals surface area contributed by atoms with Crippen molar-refractivity contribution in [2.24, 2.45) is 0 Å². The molecule has 27 heavy (non-hydrogen) atoms. The van der Waals surface area contributed by atoms with Gasteiger partial charge in [-0.2, -0.15) is 0 Å². The normalized spacial score (nSPS) is 10.8. The highest BCUT2D eigenvalue weighted by molar-refractivity contribution is 6.31. The van der Waals surface area contributed by atoms with Gasteiger partial charge in [0.2, 0.25) is 5.91 Å². The predicted octanol–water partition coefficient (Wildman–Crippen LogP) is 4.02. The van der Waals surface area contributed by atoms with Crippen molar-refractivity contribution in [1.29, 1.82) is 0 Å². The van der Waals surface area contributed by atoms with E-state index in [2.05, 4.69) is 25.9 Å². The monoisotopic (exact) mass is 387 g/mol. The molecule has 6 nitrogen and oxygen atoms in total. The number of rotatable bonds is 6. The molecule has 0 radical (unpaired) electrons. The molecule has 3 rings (SSSR count). The number of nitrogens with zero attached hydrogens (tertiary/aromatic N) is 2. The van der Waals surface area contributed by atoms with Crippen LogP contribution < -0.4 is 16.0 Å². The molecular weight excluding hydrogens is 369 g/mol. The molecule has 0 unspecified atom stereocenters. The summed E-state index contributed by atoms with van der Waals surface area (Å²) >= 11 is 5.85. The highest BCUT2D eigenvalue weighted by Gasteiger charge is 2.10. The van der Waals surface area contributed by atoms with E-state index in [0.717, 1.165) is 10.9 Å². The van der Waals surface area contributed by atoms with Gasteiger partial charge in [0.15, 0.2) is 0 Å². The Kier molecular flexibility index (Phi) is 5.83. The van der Waals surface area contributed by atoms with Crippen molar-refractivity contribution in [3.63, 3.8) is 0 Å². The number of fused-ring (bicyclic) bond motifs is 1. The molecule has 1 heterocycles. The van der Waals surface area contributed by atoms with E-state index in [9.17, 15) is 9.18 Å². The fourth-order valence-corrected chi connectivity index (χ4v) is 2.77. The van der Waals surface area contributed by atoms with Gasteiger partial charge in [-0.3, -0.25) is 4.79 Å². The fraction of sp³-hybridized carbons (Fsp3) is 0.211. The van der Waals surface area contributed by atoms with Crippen molar-refractivity contribution in [3.05, 3.63) is 53.1 Å². The molecule has 0 atom stereocenters. The Labute approximate surface area is 161 Å². The summed E-state index contributed by atoms with van der Waals surface area (Å²) in [5.41, 5.74) is 1.98. The predicted molar refractivity (Wildman–Crippen MR) is 106 cm³/mol. The number of nitrogens with one attached hydrogen (secondary N) is 3. The highest BCUT2D eigenvalue weighted by atomic mass is 35.5. The zero-order chi connectivity index (χ0) is 19.4. The van der Waals surface area contributed by atoms with Crippen LogP contribution in [0.5, 0.6) is 0 Å². The number of halogens is 2. The number of aryl methyl sites for hydroxylation is 1. The summed E-state index contributed by atoms with van der Waals surface area (Å²) in [5.74, 6) is 0.560. The van der Waals surface area contributed by atoms with Crippen LogP contribution in [0.15, 0.2) is 36.4 Å². The Morgan fingerprint density at radius 3 is 2.67 bits per heavy atom. The minimum atomic E-state index is -0.488. The van der Waals surface area contributed by atoms with E-state index in [1.165, 1.54) is 12.1 Å². The number of amides is 1. The van der Waals surface area contributed by atoms with Crippen LogP contribution in [0.25, 0.3) is 10.9 Å². The minimum Gasteiger partial charge on any atom is -0.340 e. The van der Waals surface area contributed by atoms with E-state index in [1.807, 2.05) is 6.07 Å². The molecule has 0 bridgehead atoms. The number of anilines is 3. The first-order chi connectivity index (χ1) is 13.0. The molecular formula is C19H19ClFN5O. The largest absolute Gasteiger partial charge is 0.340 e. The van der Waals surface area contributed by atoms with E-state index >= 15 is 0 Å². The van der Waals surface area contributed by atoms with Gasteiger partial charge in [-0.1, -0.05) is 11.6 Å². The van der Waals surface area contributed by atoms with Gasteiger partial charge in [-0.25, -0.2) is 14.4 Å². The first kappa shape index (κ1) is 19.0. The quantitative estimate of drug-likeness (QED) is 0.595. The summed E-state index contributed by atoms with van der Waals surface area (Å²) in [4.78, 5) is 20.8. The van der Waals surface area contributed by atoms with E-state index in [4.69, 9.17) is 11.6 Å². The Morgan fingerprint density at radius 2 is 1.93 bits per heavy atom. The molecule has 3 aromatic rings. The Hall–Kier alpha value is -2.77. The Balaban J connectivity index is 1.94. The van der Waals surface area contributed by atoms with E-state index in [-0.39, 0.29) is 10.9 Å².